The zero-order valence-electron chi connectivity index (χ0n) is 18.3. The van der Waals surface area contributed by atoms with Crippen LogP contribution < -0.4 is 20.7 Å². The van der Waals surface area contributed by atoms with Crippen molar-refractivity contribution in [3.05, 3.63) is 59.2 Å². The molecule has 3 rings (SSSR count). The molecule has 0 spiro atoms. The lowest BCUT2D eigenvalue weighted by atomic mass is 9.93. The number of ether oxygens (including phenoxy) is 1. The van der Waals surface area contributed by atoms with E-state index in [1.54, 1.807) is 24.3 Å². The first-order valence-corrected chi connectivity index (χ1v) is 13.6. The SMILES string of the molecule is COc1cc(F)c(C2CNC(=O)[C@H]2NC(=O)Nc2ccc(C#C[Si](C)(C)C)cc2)c(F)c1. The van der Waals surface area contributed by atoms with Crippen molar-refractivity contribution in [1.29, 1.82) is 0 Å². The van der Waals surface area contributed by atoms with E-state index in [1.807, 2.05) is 0 Å². The van der Waals surface area contributed by atoms with Crippen LogP contribution in [0.1, 0.15) is 17.0 Å². The molecule has 0 aliphatic carbocycles. The van der Waals surface area contributed by atoms with E-state index in [4.69, 9.17) is 4.74 Å². The standard InChI is InChI=1S/C23H25F2N3O3Si/c1-31-16-11-18(24)20(19(25)12-16)17-13-26-22(29)21(17)28-23(30)27-15-7-5-14(6-8-15)9-10-32(2,3)4/h5-8,11-12,17,21H,13H2,1-4H3,(H,26,29)(H2,27,28,30)/t17?,21-/m0/s1. The third-order valence-electron chi connectivity index (χ3n) is 4.85. The number of benzene rings is 2. The summed E-state index contributed by atoms with van der Waals surface area (Å²) in [4.78, 5) is 24.7. The van der Waals surface area contributed by atoms with Crippen LogP contribution in [-0.4, -0.2) is 39.7 Å². The summed E-state index contributed by atoms with van der Waals surface area (Å²) < 4.78 is 33.9. The van der Waals surface area contributed by atoms with Crippen LogP contribution in [0.3, 0.4) is 0 Å². The van der Waals surface area contributed by atoms with Gasteiger partial charge in [0.15, 0.2) is 0 Å². The fraction of sp³-hybridized carbons (Fsp3) is 0.304. The molecule has 32 heavy (non-hydrogen) atoms. The predicted molar refractivity (Wildman–Crippen MR) is 121 cm³/mol. The molecule has 6 nitrogen and oxygen atoms in total. The van der Waals surface area contributed by atoms with Crippen molar-refractivity contribution in [1.82, 2.24) is 10.6 Å². The van der Waals surface area contributed by atoms with Gasteiger partial charge in [-0.25, -0.2) is 13.6 Å². The van der Waals surface area contributed by atoms with Gasteiger partial charge in [-0.3, -0.25) is 4.79 Å². The van der Waals surface area contributed by atoms with Crippen LogP contribution in [0.15, 0.2) is 36.4 Å². The number of methoxy groups -OCH3 is 1. The first-order chi connectivity index (χ1) is 15.1. The second kappa shape index (κ2) is 9.40. The summed E-state index contributed by atoms with van der Waals surface area (Å²) in [5.74, 6) is 0.0465. The Balaban J connectivity index is 1.71. The van der Waals surface area contributed by atoms with Crippen molar-refractivity contribution in [2.24, 2.45) is 0 Å². The molecule has 0 aromatic heterocycles. The Morgan fingerprint density at radius 3 is 2.34 bits per heavy atom. The minimum Gasteiger partial charge on any atom is -0.497 e. The highest BCUT2D eigenvalue weighted by Gasteiger charge is 2.40. The molecular weight excluding hydrogens is 432 g/mol. The summed E-state index contributed by atoms with van der Waals surface area (Å²) >= 11 is 0. The third kappa shape index (κ3) is 5.65. The van der Waals surface area contributed by atoms with Gasteiger partial charge in [0, 0.05) is 41.4 Å². The van der Waals surface area contributed by atoms with Crippen LogP contribution in [0, 0.1) is 23.1 Å². The van der Waals surface area contributed by atoms with Crippen LogP contribution in [-0.2, 0) is 4.79 Å². The second-order valence-electron chi connectivity index (χ2n) is 8.51. The molecule has 0 bridgehead atoms. The smallest absolute Gasteiger partial charge is 0.319 e. The number of rotatable bonds is 4. The molecule has 2 aromatic carbocycles. The number of urea groups is 1. The van der Waals surface area contributed by atoms with Crippen LogP contribution in [0.2, 0.25) is 19.6 Å². The molecule has 2 atom stereocenters. The summed E-state index contributed by atoms with van der Waals surface area (Å²) in [7, 11) is -0.194. The van der Waals surface area contributed by atoms with Crippen LogP contribution in [0.25, 0.3) is 0 Å². The van der Waals surface area contributed by atoms with Gasteiger partial charge in [-0.15, -0.1) is 5.54 Å². The quantitative estimate of drug-likeness (QED) is 0.485. The first-order valence-electron chi connectivity index (χ1n) is 10.1. The number of hydrogen-bond acceptors (Lipinski definition) is 3. The summed E-state index contributed by atoms with van der Waals surface area (Å²) in [6, 6.07) is 7.27. The number of nitrogens with one attached hydrogen (secondary N) is 3. The van der Waals surface area contributed by atoms with E-state index in [1.165, 1.54) is 7.11 Å². The van der Waals surface area contributed by atoms with Crippen molar-refractivity contribution in [2.75, 3.05) is 19.0 Å². The number of amides is 3. The van der Waals surface area contributed by atoms with Crippen molar-refractivity contribution in [3.63, 3.8) is 0 Å². The maximum absolute atomic E-state index is 14.5. The van der Waals surface area contributed by atoms with Gasteiger partial charge >= 0.3 is 6.03 Å². The van der Waals surface area contributed by atoms with Gasteiger partial charge < -0.3 is 20.7 Å². The summed E-state index contributed by atoms with van der Waals surface area (Å²) in [6.45, 7) is 6.44. The van der Waals surface area contributed by atoms with Gasteiger partial charge in [0.25, 0.3) is 0 Å². The third-order valence-corrected chi connectivity index (χ3v) is 5.73. The number of halogens is 2. The molecule has 0 saturated carbocycles. The van der Waals surface area contributed by atoms with Crippen LogP contribution in [0.5, 0.6) is 5.75 Å². The maximum Gasteiger partial charge on any atom is 0.319 e. The minimum atomic E-state index is -1.49. The molecule has 2 aromatic rings. The molecule has 1 fully saturated rings. The van der Waals surface area contributed by atoms with Gasteiger partial charge in [0.05, 0.1) is 7.11 Å². The Bertz CT molecular complexity index is 1070. The number of carbonyl (C=O) groups excluding carboxylic acids is 2. The Morgan fingerprint density at radius 2 is 1.78 bits per heavy atom. The highest BCUT2D eigenvalue weighted by Crippen LogP contribution is 2.31. The largest absolute Gasteiger partial charge is 0.497 e. The van der Waals surface area contributed by atoms with Crippen molar-refractivity contribution < 1.29 is 23.1 Å². The van der Waals surface area contributed by atoms with Gasteiger partial charge in [0.2, 0.25) is 5.91 Å². The lowest BCUT2D eigenvalue weighted by molar-refractivity contribution is -0.120. The molecule has 1 heterocycles. The molecule has 168 valence electrons. The first kappa shape index (κ1) is 23.3. The van der Waals surface area contributed by atoms with Crippen molar-refractivity contribution in [3.8, 4) is 17.2 Å². The van der Waals surface area contributed by atoms with E-state index in [-0.39, 0.29) is 17.9 Å². The van der Waals surface area contributed by atoms with E-state index in [0.717, 1.165) is 17.7 Å². The predicted octanol–water partition coefficient (Wildman–Crippen LogP) is 3.61. The molecular formula is C23H25F2N3O3Si. The normalized spacial score (nSPS) is 17.8. The zero-order chi connectivity index (χ0) is 23.5. The Labute approximate surface area is 186 Å². The van der Waals surface area contributed by atoms with E-state index < -0.39 is 43.6 Å². The number of carbonyl (C=O) groups is 2. The Morgan fingerprint density at radius 1 is 1.16 bits per heavy atom. The lowest BCUT2D eigenvalue weighted by Gasteiger charge is -2.20. The molecule has 1 saturated heterocycles. The lowest BCUT2D eigenvalue weighted by Crippen LogP contribution is -2.45. The summed E-state index contributed by atoms with van der Waals surface area (Å²) in [5, 5.41) is 7.70. The van der Waals surface area contributed by atoms with E-state index in [0.29, 0.717) is 5.69 Å². The van der Waals surface area contributed by atoms with E-state index in [2.05, 4.69) is 47.1 Å². The number of hydrogen-bond donors (Lipinski definition) is 3. The fourth-order valence-electron chi connectivity index (χ4n) is 3.29. The minimum absolute atomic E-state index is 0.00555. The molecule has 3 amide bonds. The molecule has 3 N–H and O–H groups in total. The van der Waals surface area contributed by atoms with E-state index >= 15 is 0 Å². The topological polar surface area (TPSA) is 79.5 Å². The molecule has 1 unspecified atom stereocenters. The summed E-state index contributed by atoms with van der Waals surface area (Å²) in [5.41, 5.74) is 4.32. The fourth-order valence-corrected chi connectivity index (χ4v) is 3.81. The monoisotopic (exact) mass is 457 g/mol. The van der Waals surface area contributed by atoms with Crippen LogP contribution >= 0.6 is 0 Å². The maximum atomic E-state index is 14.5. The molecule has 0 radical (unpaired) electrons. The summed E-state index contributed by atoms with van der Waals surface area (Å²) in [6.07, 6.45) is 0. The second-order valence-corrected chi connectivity index (χ2v) is 13.3. The van der Waals surface area contributed by atoms with Gasteiger partial charge in [-0.1, -0.05) is 25.6 Å². The number of anilines is 1. The molecule has 1 aliphatic heterocycles. The Hall–Kier alpha value is -3.38. The Kier molecular flexibility index (Phi) is 6.84. The highest BCUT2D eigenvalue weighted by atomic mass is 28.3. The van der Waals surface area contributed by atoms with Crippen molar-refractivity contribution in [2.45, 2.75) is 31.6 Å². The average Bonchev–Trinajstić information content (AvgIpc) is 3.06. The van der Waals surface area contributed by atoms with Crippen LogP contribution in [0.4, 0.5) is 19.3 Å². The molecule has 9 heteroatoms. The van der Waals surface area contributed by atoms with Gasteiger partial charge in [-0.2, -0.15) is 0 Å². The molecule has 1 aliphatic rings. The van der Waals surface area contributed by atoms with Gasteiger partial charge in [0.1, 0.15) is 31.5 Å². The highest BCUT2D eigenvalue weighted by molar-refractivity contribution is 6.83. The van der Waals surface area contributed by atoms with Gasteiger partial charge in [-0.05, 0) is 24.3 Å². The zero-order valence-corrected chi connectivity index (χ0v) is 19.3. The average molecular weight is 458 g/mol. The van der Waals surface area contributed by atoms with E-state index in [9.17, 15) is 18.4 Å². The van der Waals surface area contributed by atoms with Crippen molar-refractivity contribution >= 4 is 25.7 Å².